The van der Waals surface area contributed by atoms with E-state index in [-0.39, 0.29) is 11.9 Å². The molecule has 0 saturated carbocycles. The van der Waals surface area contributed by atoms with Crippen LogP contribution in [-0.4, -0.2) is 41.0 Å². The third-order valence-electron chi connectivity index (χ3n) is 5.36. The molecule has 124 valence electrons. The number of hydrogen-bond donors (Lipinski definition) is 2. The molecule has 1 amide bonds. The molecule has 24 heavy (non-hydrogen) atoms. The van der Waals surface area contributed by atoms with Crippen molar-refractivity contribution >= 4 is 16.8 Å². The molecule has 2 aliphatic rings. The topological polar surface area (TPSA) is 71.9 Å². The number of carbonyl (C=O) groups is 1. The minimum absolute atomic E-state index is 0.0590. The van der Waals surface area contributed by atoms with Crippen LogP contribution in [0.5, 0.6) is 0 Å². The monoisotopic (exact) mass is 322 g/mol. The van der Waals surface area contributed by atoms with Gasteiger partial charge in [0.05, 0.1) is 12.6 Å². The van der Waals surface area contributed by atoms with E-state index in [1.165, 1.54) is 22.2 Å². The van der Waals surface area contributed by atoms with Gasteiger partial charge in [0.2, 0.25) is 5.91 Å². The summed E-state index contributed by atoms with van der Waals surface area (Å²) in [6.45, 7) is 1.05. The highest BCUT2D eigenvalue weighted by molar-refractivity contribution is 5.85. The molecule has 5 nitrogen and oxygen atoms in total. The van der Waals surface area contributed by atoms with E-state index < -0.39 is 0 Å². The van der Waals surface area contributed by atoms with Crippen LogP contribution in [-0.2, 0) is 17.6 Å². The number of para-hydroxylation sites is 1. The number of nitrogens with one attached hydrogen (secondary N) is 2. The van der Waals surface area contributed by atoms with Gasteiger partial charge >= 0.3 is 0 Å². The Bertz CT molecular complexity index is 803. The second-order valence-electron chi connectivity index (χ2n) is 6.82. The van der Waals surface area contributed by atoms with Crippen LogP contribution in [0.1, 0.15) is 30.5 Å². The quantitative estimate of drug-likeness (QED) is 0.909. The van der Waals surface area contributed by atoms with Crippen molar-refractivity contribution in [1.29, 1.82) is 5.26 Å². The zero-order valence-corrected chi connectivity index (χ0v) is 13.7. The Balaban J connectivity index is 1.40. The number of nitrogens with zero attached hydrogens (tertiary/aromatic N) is 2. The summed E-state index contributed by atoms with van der Waals surface area (Å²) >= 11 is 0. The van der Waals surface area contributed by atoms with Gasteiger partial charge in [0, 0.05) is 29.2 Å². The Labute approximate surface area is 141 Å². The van der Waals surface area contributed by atoms with Gasteiger partial charge in [0.25, 0.3) is 0 Å². The Morgan fingerprint density at radius 2 is 2.25 bits per heavy atom. The fourth-order valence-electron chi connectivity index (χ4n) is 4.08. The summed E-state index contributed by atoms with van der Waals surface area (Å²) in [7, 11) is 0. The molecule has 1 aliphatic carbocycles. The average molecular weight is 322 g/mol. The van der Waals surface area contributed by atoms with E-state index in [1.807, 2.05) is 0 Å². The smallest absolute Gasteiger partial charge is 0.237 e. The summed E-state index contributed by atoms with van der Waals surface area (Å²) < 4.78 is 0. The predicted molar refractivity (Wildman–Crippen MR) is 92.5 cm³/mol. The molecule has 5 heteroatoms. The molecule has 1 aromatic carbocycles. The van der Waals surface area contributed by atoms with Gasteiger partial charge in [0.15, 0.2) is 0 Å². The molecule has 1 saturated heterocycles. The summed E-state index contributed by atoms with van der Waals surface area (Å²) in [4.78, 5) is 17.6. The lowest BCUT2D eigenvalue weighted by molar-refractivity contribution is -0.130. The Hall–Kier alpha value is -2.32. The molecule has 0 radical (unpaired) electrons. The highest BCUT2D eigenvalue weighted by atomic mass is 16.2. The van der Waals surface area contributed by atoms with Gasteiger partial charge in [-0.1, -0.05) is 18.2 Å². The van der Waals surface area contributed by atoms with E-state index >= 15 is 0 Å². The Kier molecular flexibility index (Phi) is 3.99. The lowest BCUT2D eigenvalue weighted by Crippen LogP contribution is -2.44. The second-order valence-corrected chi connectivity index (χ2v) is 6.82. The summed E-state index contributed by atoms with van der Waals surface area (Å²) in [5.74, 6) is 0.0590. The zero-order valence-electron chi connectivity index (χ0n) is 13.7. The van der Waals surface area contributed by atoms with Crippen LogP contribution in [0.25, 0.3) is 10.9 Å². The first-order chi connectivity index (χ1) is 11.8. The van der Waals surface area contributed by atoms with Crippen LogP contribution in [0, 0.1) is 11.3 Å². The van der Waals surface area contributed by atoms with Crippen LogP contribution in [0.15, 0.2) is 24.3 Å². The SMILES string of the molecule is N#C[C@@H]1CCCN1C(=O)CN[C@H]1CCc2[nH]c3ccccc3c2C1. The van der Waals surface area contributed by atoms with Crippen molar-refractivity contribution < 1.29 is 4.79 Å². The Morgan fingerprint density at radius 3 is 3.12 bits per heavy atom. The third kappa shape index (κ3) is 2.67. The number of aromatic nitrogens is 1. The van der Waals surface area contributed by atoms with E-state index in [2.05, 4.69) is 40.6 Å². The maximum absolute atomic E-state index is 12.4. The second kappa shape index (κ2) is 6.29. The first-order valence-corrected chi connectivity index (χ1v) is 8.77. The predicted octanol–water partition coefficient (Wildman–Crippen LogP) is 2.13. The van der Waals surface area contributed by atoms with Crippen molar-refractivity contribution in [1.82, 2.24) is 15.2 Å². The Morgan fingerprint density at radius 1 is 1.38 bits per heavy atom. The van der Waals surface area contributed by atoms with Crippen molar-refractivity contribution in [3.63, 3.8) is 0 Å². The molecular weight excluding hydrogens is 300 g/mol. The van der Waals surface area contributed by atoms with Crippen molar-refractivity contribution in [2.24, 2.45) is 0 Å². The molecule has 4 rings (SSSR count). The van der Waals surface area contributed by atoms with Crippen molar-refractivity contribution in [2.45, 2.75) is 44.2 Å². The number of hydrogen-bond acceptors (Lipinski definition) is 3. The van der Waals surface area contributed by atoms with Crippen LogP contribution < -0.4 is 5.32 Å². The standard InChI is InChI=1S/C19H22N4O/c20-11-14-4-3-9-23(14)19(24)12-21-13-7-8-18-16(10-13)15-5-1-2-6-17(15)22-18/h1-2,5-6,13-14,21-22H,3-4,7-10,12H2/t13-,14-/m0/s1. The number of fused-ring (bicyclic) bond motifs is 3. The van der Waals surface area contributed by atoms with Gasteiger partial charge in [-0.2, -0.15) is 5.26 Å². The number of H-pyrrole nitrogens is 1. The lowest BCUT2D eigenvalue weighted by atomic mass is 9.91. The number of aromatic amines is 1. The van der Waals surface area contributed by atoms with Crippen LogP contribution in [0.2, 0.25) is 0 Å². The van der Waals surface area contributed by atoms with E-state index in [4.69, 9.17) is 5.26 Å². The zero-order chi connectivity index (χ0) is 16.5. The maximum Gasteiger partial charge on any atom is 0.237 e. The molecule has 1 aromatic heterocycles. The number of amides is 1. The molecule has 2 aromatic rings. The van der Waals surface area contributed by atoms with Crippen molar-refractivity contribution in [3.8, 4) is 6.07 Å². The van der Waals surface area contributed by atoms with E-state index in [9.17, 15) is 4.79 Å². The van der Waals surface area contributed by atoms with Crippen LogP contribution in [0.4, 0.5) is 0 Å². The first kappa shape index (κ1) is 15.2. The van der Waals surface area contributed by atoms with Gasteiger partial charge in [-0.15, -0.1) is 0 Å². The van der Waals surface area contributed by atoms with Crippen molar-refractivity contribution in [2.75, 3.05) is 13.1 Å². The van der Waals surface area contributed by atoms with Crippen LogP contribution >= 0.6 is 0 Å². The largest absolute Gasteiger partial charge is 0.358 e. The van der Waals surface area contributed by atoms with Crippen LogP contribution in [0.3, 0.4) is 0 Å². The van der Waals surface area contributed by atoms with Crippen molar-refractivity contribution in [3.05, 3.63) is 35.5 Å². The molecule has 0 bridgehead atoms. The number of benzene rings is 1. The fraction of sp³-hybridized carbons (Fsp3) is 0.474. The van der Waals surface area contributed by atoms with Gasteiger partial charge in [-0.25, -0.2) is 0 Å². The lowest BCUT2D eigenvalue weighted by Gasteiger charge is -2.25. The van der Waals surface area contributed by atoms with Gasteiger partial charge in [-0.3, -0.25) is 4.79 Å². The number of rotatable bonds is 3. The molecule has 2 atom stereocenters. The molecule has 0 spiro atoms. The van der Waals surface area contributed by atoms with E-state index in [0.29, 0.717) is 12.6 Å². The summed E-state index contributed by atoms with van der Waals surface area (Å²) in [5, 5.41) is 13.8. The van der Waals surface area contributed by atoms with Gasteiger partial charge in [-0.05, 0) is 43.7 Å². The average Bonchev–Trinajstić information content (AvgIpc) is 3.23. The maximum atomic E-state index is 12.4. The highest BCUT2D eigenvalue weighted by Gasteiger charge is 2.29. The number of nitriles is 1. The molecule has 0 unspecified atom stereocenters. The minimum atomic E-state index is -0.231. The summed E-state index contributed by atoms with van der Waals surface area (Å²) in [6, 6.07) is 10.7. The molecule has 2 N–H and O–H groups in total. The molecule has 2 heterocycles. The summed E-state index contributed by atoms with van der Waals surface area (Å²) in [5.41, 5.74) is 3.93. The molecule has 1 fully saturated rings. The molecular formula is C19H22N4O. The number of carbonyl (C=O) groups excluding carboxylic acids is 1. The van der Waals surface area contributed by atoms with Gasteiger partial charge in [0.1, 0.15) is 6.04 Å². The van der Waals surface area contributed by atoms with E-state index in [1.54, 1.807) is 4.90 Å². The fourth-order valence-corrected chi connectivity index (χ4v) is 4.08. The minimum Gasteiger partial charge on any atom is -0.358 e. The first-order valence-electron chi connectivity index (χ1n) is 8.77. The normalized spacial score (nSPS) is 23.2. The van der Waals surface area contributed by atoms with E-state index in [0.717, 1.165) is 38.6 Å². The molecule has 1 aliphatic heterocycles. The van der Waals surface area contributed by atoms with Gasteiger partial charge < -0.3 is 15.2 Å². The number of likely N-dealkylation sites (tertiary alicyclic amines) is 1. The third-order valence-corrected chi connectivity index (χ3v) is 5.36. The number of aryl methyl sites for hydroxylation is 1. The summed E-state index contributed by atoms with van der Waals surface area (Å²) in [6.07, 6.45) is 4.75. The highest BCUT2D eigenvalue weighted by Crippen LogP contribution is 2.29.